The first kappa shape index (κ1) is 17.5. The van der Waals surface area contributed by atoms with E-state index in [1.165, 1.54) is 7.11 Å². The number of thioether (sulfide) groups is 1. The molecule has 21 heavy (non-hydrogen) atoms. The number of urea groups is 1. The molecular formula is C13H18ClN3O3S. The van der Waals surface area contributed by atoms with Crippen LogP contribution >= 0.6 is 23.4 Å². The van der Waals surface area contributed by atoms with Crippen molar-refractivity contribution in [2.75, 3.05) is 24.4 Å². The van der Waals surface area contributed by atoms with E-state index >= 15 is 0 Å². The molecule has 8 heteroatoms. The second-order valence-corrected chi connectivity index (χ2v) is 5.57. The van der Waals surface area contributed by atoms with Crippen LogP contribution in [0.25, 0.3) is 0 Å². The summed E-state index contributed by atoms with van der Waals surface area (Å²) in [6.07, 6.45) is 2.41. The zero-order chi connectivity index (χ0) is 15.8. The number of benzene rings is 1. The largest absolute Gasteiger partial charge is 0.495 e. The molecule has 0 aromatic heterocycles. The minimum absolute atomic E-state index is 0.343. The highest BCUT2D eigenvalue weighted by Crippen LogP contribution is 2.27. The van der Waals surface area contributed by atoms with Crippen molar-refractivity contribution >= 4 is 41.0 Å². The van der Waals surface area contributed by atoms with Gasteiger partial charge in [0.2, 0.25) is 5.91 Å². The standard InChI is InChI=1S/C13H18ClN3O3S/c1-20-11-4-3-8(7-9(11)14)16-12(18)10(5-6-21-2)17-13(15)19/h3-4,7,10H,5-6H2,1-2H3,(H,16,18)(H3,15,17,19)/t10-/m0/s1. The molecule has 4 N–H and O–H groups in total. The minimum Gasteiger partial charge on any atom is -0.495 e. The van der Waals surface area contributed by atoms with E-state index in [1.54, 1.807) is 30.0 Å². The number of carbonyl (C=O) groups excluding carboxylic acids is 2. The third kappa shape index (κ3) is 5.73. The zero-order valence-electron chi connectivity index (χ0n) is 11.8. The number of methoxy groups -OCH3 is 1. The molecule has 0 aliphatic heterocycles. The van der Waals surface area contributed by atoms with E-state index in [0.29, 0.717) is 22.9 Å². The van der Waals surface area contributed by atoms with Gasteiger partial charge in [0.1, 0.15) is 11.8 Å². The predicted molar refractivity (Wildman–Crippen MR) is 86.1 cm³/mol. The van der Waals surface area contributed by atoms with Crippen LogP contribution in [0, 0.1) is 0 Å². The summed E-state index contributed by atoms with van der Waals surface area (Å²) in [7, 11) is 1.51. The van der Waals surface area contributed by atoms with Crippen LogP contribution in [-0.4, -0.2) is 37.1 Å². The van der Waals surface area contributed by atoms with Gasteiger partial charge in [0.25, 0.3) is 0 Å². The lowest BCUT2D eigenvalue weighted by atomic mass is 10.2. The van der Waals surface area contributed by atoms with E-state index in [4.69, 9.17) is 22.1 Å². The summed E-state index contributed by atoms with van der Waals surface area (Å²) in [4.78, 5) is 23.1. The summed E-state index contributed by atoms with van der Waals surface area (Å²) in [6, 6.07) is 3.48. The molecule has 0 aliphatic carbocycles. The highest BCUT2D eigenvalue weighted by molar-refractivity contribution is 7.98. The average molecular weight is 332 g/mol. The van der Waals surface area contributed by atoms with Crippen molar-refractivity contribution in [3.05, 3.63) is 23.2 Å². The Morgan fingerprint density at radius 2 is 2.19 bits per heavy atom. The van der Waals surface area contributed by atoms with Crippen LogP contribution in [0.3, 0.4) is 0 Å². The van der Waals surface area contributed by atoms with Crippen molar-refractivity contribution in [1.82, 2.24) is 5.32 Å². The van der Waals surface area contributed by atoms with Crippen LogP contribution in [0.2, 0.25) is 5.02 Å². The lowest BCUT2D eigenvalue weighted by Crippen LogP contribution is -2.46. The summed E-state index contributed by atoms with van der Waals surface area (Å²) in [5.41, 5.74) is 5.60. The Hall–Kier alpha value is -1.60. The van der Waals surface area contributed by atoms with Crippen LogP contribution in [0.4, 0.5) is 10.5 Å². The Labute approximate surface area is 132 Å². The summed E-state index contributed by atoms with van der Waals surface area (Å²) in [5, 5.41) is 5.51. The van der Waals surface area contributed by atoms with Gasteiger partial charge in [0.05, 0.1) is 12.1 Å². The van der Waals surface area contributed by atoms with Gasteiger partial charge < -0.3 is 21.1 Å². The number of rotatable bonds is 7. The Balaban J connectivity index is 2.75. The first-order chi connectivity index (χ1) is 9.97. The fourth-order valence-electron chi connectivity index (χ4n) is 1.65. The number of halogens is 1. The molecule has 0 aliphatic rings. The van der Waals surface area contributed by atoms with E-state index in [-0.39, 0.29) is 5.91 Å². The molecule has 6 nitrogen and oxygen atoms in total. The maximum atomic E-state index is 12.2. The van der Waals surface area contributed by atoms with Crippen LogP contribution in [0.1, 0.15) is 6.42 Å². The van der Waals surface area contributed by atoms with Crippen LogP contribution in [-0.2, 0) is 4.79 Å². The summed E-state index contributed by atoms with van der Waals surface area (Å²) < 4.78 is 5.04. The number of amides is 3. The number of anilines is 1. The Bertz CT molecular complexity index is 513. The highest BCUT2D eigenvalue weighted by Gasteiger charge is 2.19. The van der Waals surface area contributed by atoms with Crippen molar-refractivity contribution in [2.24, 2.45) is 5.73 Å². The number of carbonyl (C=O) groups is 2. The summed E-state index contributed by atoms with van der Waals surface area (Å²) >= 11 is 7.57. The number of primary amides is 1. The molecule has 1 aromatic carbocycles. The van der Waals surface area contributed by atoms with Crippen LogP contribution < -0.4 is 21.1 Å². The third-order valence-corrected chi connectivity index (χ3v) is 3.60. The molecule has 1 atom stereocenters. The Morgan fingerprint density at radius 1 is 1.48 bits per heavy atom. The predicted octanol–water partition coefficient (Wildman–Crippen LogP) is 2.08. The molecule has 0 saturated heterocycles. The van der Waals surface area contributed by atoms with Crippen LogP contribution in [0.15, 0.2) is 18.2 Å². The highest BCUT2D eigenvalue weighted by atomic mass is 35.5. The molecule has 0 radical (unpaired) electrons. The fourth-order valence-corrected chi connectivity index (χ4v) is 2.38. The van der Waals surface area contributed by atoms with Gasteiger partial charge in [-0.2, -0.15) is 11.8 Å². The van der Waals surface area contributed by atoms with Crippen molar-refractivity contribution in [1.29, 1.82) is 0 Å². The molecule has 116 valence electrons. The molecule has 1 rings (SSSR count). The lowest BCUT2D eigenvalue weighted by Gasteiger charge is -2.17. The van der Waals surface area contributed by atoms with Gasteiger partial charge in [0.15, 0.2) is 0 Å². The molecule has 0 bridgehead atoms. The number of nitrogens with two attached hydrogens (primary N) is 1. The van der Waals surface area contributed by atoms with Gasteiger partial charge in [-0.25, -0.2) is 4.79 Å². The first-order valence-corrected chi connectivity index (χ1v) is 7.94. The number of ether oxygens (including phenoxy) is 1. The zero-order valence-corrected chi connectivity index (χ0v) is 13.4. The minimum atomic E-state index is -0.732. The number of nitrogens with one attached hydrogen (secondary N) is 2. The van der Waals surface area contributed by atoms with E-state index in [9.17, 15) is 9.59 Å². The van der Waals surface area contributed by atoms with Gasteiger partial charge in [-0.15, -0.1) is 0 Å². The Morgan fingerprint density at radius 3 is 2.71 bits per heavy atom. The third-order valence-electron chi connectivity index (χ3n) is 2.66. The molecule has 3 amide bonds. The maximum Gasteiger partial charge on any atom is 0.312 e. The quantitative estimate of drug-likeness (QED) is 0.713. The monoisotopic (exact) mass is 331 g/mol. The normalized spacial score (nSPS) is 11.6. The van der Waals surface area contributed by atoms with Crippen molar-refractivity contribution in [2.45, 2.75) is 12.5 Å². The van der Waals surface area contributed by atoms with Crippen molar-refractivity contribution < 1.29 is 14.3 Å². The number of hydrogen-bond acceptors (Lipinski definition) is 4. The molecule has 0 fully saturated rings. The molecule has 0 unspecified atom stereocenters. The van der Waals surface area contributed by atoms with Gasteiger partial charge in [-0.05, 0) is 36.6 Å². The van der Waals surface area contributed by atoms with Gasteiger partial charge in [-0.3, -0.25) is 4.79 Å². The fraction of sp³-hybridized carbons (Fsp3) is 0.385. The van der Waals surface area contributed by atoms with Crippen LogP contribution in [0.5, 0.6) is 5.75 Å². The lowest BCUT2D eigenvalue weighted by molar-refractivity contribution is -0.117. The topological polar surface area (TPSA) is 93.4 Å². The molecule has 1 aromatic rings. The van der Waals surface area contributed by atoms with E-state index in [0.717, 1.165) is 5.75 Å². The number of hydrogen-bond donors (Lipinski definition) is 3. The molecule has 0 spiro atoms. The second kappa shape index (κ2) is 8.63. The second-order valence-electron chi connectivity index (χ2n) is 4.18. The van der Waals surface area contributed by atoms with Gasteiger partial charge in [-0.1, -0.05) is 11.6 Å². The summed E-state index contributed by atoms with van der Waals surface area (Å²) in [6.45, 7) is 0. The van der Waals surface area contributed by atoms with Gasteiger partial charge in [0, 0.05) is 5.69 Å². The Kier molecular flexibility index (Phi) is 7.18. The smallest absolute Gasteiger partial charge is 0.312 e. The molecule has 0 saturated carbocycles. The van der Waals surface area contributed by atoms with Gasteiger partial charge >= 0.3 is 6.03 Å². The first-order valence-electron chi connectivity index (χ1n) is 6.17. The van der Waals surface area contributed by atoms with E-state index in [1.807, 2.05) is 6.26 Å². The van der Waals surface area contributed by atoms with Crippen molar-refractivity contribution in [3.8, 4) is 5.75 Å². The molecular weight excluding hydrogens is 314 g/mol. The van der Waals surface area contributed by atoms with E-state index < -0.39 is 12.1 Å². The average Bonchev–Trinajstić information content (AvgIpc) is 2.43. The van der Waals surface area contributed by atoms with E-state index in [2.05, 4.69) is 10.6 Å². The SMILES string of the molecule is COc1ccc(NC(=O)[C@H](CCSC)NC(N)=O)cc1Cl. The summed E-state index contributed by atoms with van der Waals surface area (Å²) in [5.74, 6) is 0.898. The van der Waals surface area contributed by atoms with Crippen molar-refractivity contribution in [3.63, 3.8) is 0 Å². The maximum absolute atomic E-state index is 12.2. The molecule has 0 heterocycles.